The summed E-state index contributed by atoms with van der Waals surface area (Å²) in [4.78, 5) is 13.3. The highest BCUT2D eigenvalue weighted by Gasteiger charge is 2.05. The molecular formula is C14H17BrN2O. The number of benzene rings is 1. The molecule has 0 saturated carbocycles. The second kappa shape index (κ2) is 7.01. The molecular weight excluding hydrogens is 292 g/mol. The number of anilines is 1. The molecule has 0 aliphatic carbocycles. The van der Waals surface area contributed by atoms with Gasteiger partial charge in [-0.1, -0.05) is 29.4 Å². The minimum absolute atomic E-state index is 0.0651. The number of carbonyl (C=O) groups excluding carboxylic acids is 1. The Bertz CT molecular complexity index is 451. The van der Waals surface area contributed by atoms with E-state index in [4.69, 9.17) is 5.73 Å². The second-order valence-corrected chi connectivity index (χ2v) is 4.31. The van der Waals surface area contributed by atoms with Crippen LogP contribution in [-0.2, 0) is 0 Å². The smallest absolute Gasteiger partial charge is 0.173 e. The average molecular weight is 309 g/mol. The molecule has 0 fully saturated rings. The highest BCUT2D eigenvalue weighted by Crippen LogP contribution is 2.17. The minimum atomic E-state index is 0.0651. The molecule has 0 bridgehead atoms. The van der Waals surface area contributed by atoms with Gasteiger partial charge < -0.3 is 10.6 Å². The third kappa shape index (κ3) is 3.74. The lowest BCUT2D eigenvalue weighted by Gasteiger charge is -2.16. The van der Waals surface area contributed by atoms with Crippen molar-refractivity contribution in [2.24, 2.45) is 5.73 Å². The van der Waals surface area contributed by atoms with Crippen LogP contribution in [0.25, 0.3) is 0 Å². The van der Waals surface area contributed by atoms with Crippen molar-refractivity contribution < 1.29 is 4.79 Å². The van der Waals surface area contributed by atoms with Crippen LogP contribution < -0.4 is 10.6 Å². The normalized spacial score (nSPS) is 11.1. The Kier molecular flexibility index (Phi) is 5.65. The van der Waals surface area contributed by atoms with Gasteiger partial charge in [0.25, 0.3) is 0 Å². The van der Waals surface area contributed by atoms with Gasteiger partial charge in [0.1, 0.15) is 0 Å². The molecule has 2 N–H and O–H groups in total. The summed E-state index contributed by atoms with van der Waals surface area (Å²) in [5, 5.41) is 0.334. The molecule has 0 heterocycles. The van der Waals surface area contributed by atoms with E-state index in [9.17, 15) is 4.79 Å². The van der Waals surface area contributed by atoms with E-state index in [-0.39, 0.29) is 5.78 Å². The zero-order valence-electron chi connectivity index (χ0n) is 10.4. The Morgan fingerprint density at radius 2 is 2.06 bits per heavy atom. The predicted molar refractivity (Wildman–Crippen MR) is 79.8 cm³/mol. The zero-order chi connectivity index (χ0) is 13.5. The van der Waals surface area contributed by atoms with Crippen molar-refractivity contribution in [1.82, 2.24) is 0 Å². The van der Waals surface area contributed by atoms with Crippen molar-refractivity contribution >= 4 is 27.4 Å². The Morgan fingerprint density at radius 1 is 1.44 bits per heavy atom. The first kappa shape index (κ1) is 14.5. The average Bonchev–Trinajstić information content (AvgIpc) is 2.43. The lowest BCUT2D eigenvalue weighted by molar-refractivity contribution is 0.102. The van der Waals surface area contributed by atoms with Gasteiger partial charge in [-0.25, -0.2) is 0 Å². The predicted octanol–water partition coefficient (Wildman–Crippen LogP) is 3.42. The van der Waals surface area contributed by atoms with Crippen LogP contribution in [0.4, 0.5) is 5.69 Å². The van der Waals surface area contributed by atoms with Crippen LogP contribution in [0, 0.1) is 0 Å². The van der Waals surface area contributed by atoms with Crippen LogP contribution in [0.5, 0.6) is 0 Å². The Hall–Kier alpha value is -1.55. The summed E-state index contributed by atoms with van der Waals surface area (Å²) in [6, 6.07) is 7.34. The fourth-order valence-electron chi connectivity index (χ4n) is 1.40. The number of hydrogen-bond donors (Lipinski definition) is 1. The highest BCUT2D eigenvalue weighted by molar-refractivity contribution is 9.09. The van der Waals surface area contributed by atoms with Gasteiger partial charge in [0.15, 0.2) is 5.78 Å². The van der Waals surface area contributed by atoms with E-state index in [1.54, 1.807) is 18.3 Å². The number of Topliss-reactive ketones (excluding diaryl/α,β-unsaturated/α-hetero) is 1. The van der Waals surface area contributed by atoms with E-state index in [0.717, 1.165) is 17.8 Å². The molecule has 0 aliphatic heterocycles. The highest BCUT2D eigenvalue weighted by atomic mass is 79.9. The van der Waals surface area contributed by atoms with Crippen LogP contribution in [0.15, 0.2) is 48.9 Å². The second-order valence-electron chi connectivity index (χ2n) is 3.75. The molecule has 1 rings (SSSR count). The molecule has 0 radical (unpaired) electrons. The number of nitrogens with zero attached hydrogens (tertiary/aromatic N) is 1. The standard InChI is InChI=1S/C14H17BrN2O/c1-3-12(16)10-17(4-2)13-7-5-11(6-8-13)14(18)9-15/h4-8,10H,2-3,9,16H2,1H3/b12-10-. The molecule has 18 heavy (non-hydrogen) atoms. The molecule has 96 valence electrons. The van der Waals surface area contributed by atoms with Crippen molar-refractivity contribution in [2.75, 3.05) is 10.2 Å². The molecule has 0 aliphatic rings. The first-order chi connectivity index (χ1) is 8.62. The topological polar surface area (TPSA) is 46.3 Å². The first-order valence-corrected chi connectivity index (χ1v) is 6.80. The summed E-state index contributed by atoms with van der Waals surface area (Å²) in [6.45, 7) is 5.74. The van der Waals surface area contributed by atoms with Gasteiger partial charge in [-0.15, -0.1) is 0 Å². The molecule has 0 atom stereocenters. The largest absolute Gasteiger partial charge is 0.401 e. The third-order valence-electron chi connectivity index (χ3n) is 2.52. The van der Waals surface area contributed by atoms with Crippen molar-refractivity contribution in [1.29, 1.82) is 0 Å². The molecule has 0 spiro atoms. The quantitative estimate of drug-likeness (QED) is 0.647. The number of allylic oxidation sites excluding steroid dienone is 1. The number of halogens is 1. The summed E-state index contributed by atoms with van der Waals surface area (Å²) in [6.07, 6.45) is 4.29. The van der Waals surface area contributed by atoms with Gasteiger partial charge in [0.2, 0.25) is 0 Å². The van der Waals surface area contributed by atoms with Crippen LogP contribution in [0.3, 0.4) is 0 Å². The maximum Gasteiger partial charge on any atom is 0.173 e. The maximum atomic E-state index is 11.5. The van der Waals surface area contributed by atoms with E-state index < -0.39 is 0 Å². The minimum Gasteiger partial charge on any atom is -0.401 e. The SMILES string of the molecule is C=CN(/C=C(\N)CC)c1ccc(C(=O)CBr)cc1. The zero-order valence-corrected chi connectivity index (χ0v) is 12.0. The summed E-state index contributed by atoms with van der Waals surface area (Å²) in [7, 11) is 0. The van der Waals surface area contributed by atoms with Gasteiger partial charge in [-0.3, -0.25) is 4.79 Å². The monoisotopic (exact) mass is 308 g/mol. The number of hydrogen-bond acceptors (Lipinski definition) is 3. The van der Waals surface area contributed by atoms with Crippen LogP contribution >= 0.6 is 15.9 Å². The molecule has 4 heteroatoms. The fourth-order valence-corrected chi connectivity index (χ4v) is 1.72. The van der Waals surface area contributed by atoms with Gasteiger partial charge in [0.05, 0.1) is 5.33 Å². The number of alkyl halides is 1. The van der Waals surface area contributed by atoms with Crippen molar-refractivity contribution in [2.45, 2.75) is 13.3 Å². The molecule has 1 aromatic rings. The van der Waals surface area contributed by atoms with Gasteiger partial charge in [-0.05, 0) is 30.7 Å². The number of carbonyl (C=O) groups is 1. The lowest BCUT2D eigenvalue weighted by atomic mass is 10.1. The van der Waals surface area contributed by atoms with E-state index in [1.165, 1.54) is 0 Å². The molecule has 0 saturated heterocycles. The molecule has 0 aromatic heterocycles. The summed E-state index contributed by atoms with van der Waals surface area (Å²) in [5.74, 6) is 0.0651. The summed E-state index contributed by atoms with van der Waals surface area (Å²) >= 11 is 3.15. The van der Waals surface area contributed by atoms with Crippen LogP contribution in [0.1, 0.15) is 23.7 Å². The number of ketones is 1. The third-order valence-corrected chi connectivity index (χ3v) is 3.03. The van der Waals surface area contributed by atoms with Gasteiger partial charge >= 0.3 is 0 Å². The molecule has 0 amide bonds. The van der Waals surface area contributed by atoms with Crippen molar-refractivity contribution in [3.8, 4) is 0 Å². The summed E-state index contributed by atoms with van der Waals surface area (Å²) in [5.41, 5.74) is 8.18. The molecule has 3 nitrogen and oxygen atoms in total. The maximum absolute atomic E-state index is 11.5. The van der Waals surface area contributed by atoms with Crippen LogP contribution in [-0.4, -0.2) is 11.1 Å². The summed E-state index contributed by atoms with van der Waals surface area (Å²) < 4.78 is 0. The van der Waals surface area contributed by atoms with Crippen molar-refractivity contribution in [3.05, 3.63) is 54.5 Å². The van der Waals surface area contributed by atoms with E-state index in [2.05, 4.69) is 22.5 Å². The van der Waals surface area contributed by atoms with Gasteiger partial charge in [-0.2, -0.15) is 0 Å². The van der Waals surface area contributed by atoms with Gasteiger partial charge in [0, 0.05) is 29.3 Å². The number of rotatable bonds is 6. The molecule has 1 aromatic carbocycles. The van der Waals surface area contributed by atoms with E-state index in [0.29, 0.717) is 10.9 Å². The van der Waals surface area contributed by atoms with E-state index >= 15 is 0 Å². The molecule has 0 unspecified atom stereocenters. The van der Waals surface area contributed by atoms with Crippen molar-refractivity contribution in [3.63, 3.8) is 0 Å². The van der Waals surface area contributed by atoms with Crippen LogP contribution in [0.2, 0.25) is 0 Å². The number of nitrogens with two attached hydrogens (primary N) is 1. The lowest BCUT2D eigenvalue weighted by Crippen LogP contribution is -2.11. The Labute approximate surface area is 116 Å². The fraction of sp³-hybridized carbons (Fsp3) is 0.214. The Morgan fingerprint density at radius 3 is 2.50 bits per heavy atom. The van der Waals surface area contributed by atoms with E-state index in [1.807, 2.05) is 30.2 Å². The first-order valence-electron chi connectivity index (χ1n) is 5.68. The Balaban J connectivity index is 2.95.